The number of likely N-dealkylation sites (tertiary alicyclic amines) is 1. The Bertz CT molecular complexity index is 914. The van der Waals surface area contributed by atoms with Crippen molar-refractivity contribution in [3.05, 3.63) is 64.7 Å². The highest BCUT2D eigenvalue weighted by molar-refractivity contribution is 6.34. The summed E-state index contributed by atoms with van der Waals surface area (Å²) in [6, 6.07) is 13.0. The van der Waals surface area contributed by atoms with Crippen LogP contribution in [0.5, 0.6) is 0 Å². The van der Waals surface area contributed by atoms with Gasteiger partial charge in [-0.2, -0.15) is 13.2 Å². The molecule has 1 aliphatic rings. The molecule has 0 unspecified atom stereocenters. The molecule has 5 nitrogen and oxygen atoms in total. The maximum atomic E-state index is 13.2. The Kier molecular flexibility index (Phi) is 7.56. The zero-order valence-corrected chi connectivity index (χ0v) is 17.5. The summed E-state index contributed by atoms with van der Waals surface area (Å²) in [5.74, 6) is -0.757. The number of hydrogen-bond acceptors (Lipinski definition) is 3. The van der Waals surface area contributed by atoms with Crippen molar-refractivity contribution in [2.24, 2.45) is 5.92 Å². The molecule has 1 heterocycles. The average Bonchev–Trinajstić information content (AvgIpc) is 2.74. The Labute approximate surface area is 183 Å². The van der Waals surface area contributed by atoms with Crippen LogP contribution < -0.4 is 10.6 Å². The lowest BCUT2D eigenvalue weighted by Crippen LogP contribution is -2.43. The Morgan fingerprint density at radius 2 is 1.71 bits per heavy atom. The van der Waals surface area contributed by atoms with Gasteiger partial charge in [0, 0.05) is 12.5 Å². The van der Waals surface area contributed by atoms with E-state index in [1.165, 1.54) is 12.1 Å². The number of carbonyl (C=O) groups excluding carboxylic acids is 2. The summed E-state index contributed by atoms with van der Waals surface area (Å²) in [5.41, 5.74) is -0.401. The van der Waals surface area contributed by atoms with Gasteiger partial charge in [0.25, 0.3) is 0 Å². The van der Waals surface area contributed by atoms with E-state index in [2.05, 4.69) is 10.6 Å². The van der Waals surface area contributed by atoms with Gasteiger partial charge in [0.15, 0.2) is 0 Å². The molecule has 9 heteroatoms. The van der Waals surface area contributed by atoms with E-state index in [1.807, 2.05) is 35.2 Å². The molecule has 2 aromatic carbocycles. The molecule has 2 aromatic rings. The van der Waals surface area contributed by atoms with Crippen molar-refractivity contribution in [3.8, 4) is 0 Å². The molecule has 31 heavy (non-hydrogen) atoms. The van der Waals surface area contributed by atoms with Gasteiger partial charge in [-0.15, -0.1) is 0 Å². The van der Waals surface area contributed by atoms with E-state index in [0.717, 1.165) is 11.6 Å². The standard InChI is InChI=1S/C22H23ClF3N3O2/c23-18-8-4-7-17(22(24,25)26)20(18)28-19(30)14-29-11-9-16(10-12-29)21(31)27-13-15-5-2-1-3-6-15/h1-8,16H,9-14H2,(H,27,31)(H,28,30). The Morgan fingerprint density at radius 1 is 1.03 bits per heavy atom. The Hall–Kier alpha value is -2.58. The van der Waals surface area contributed by atoms with Gasteiger partial charge in [0.1, 0.15) is 0 Å². The molecule has 1 fully saturated rings. The number of hydrogen-bond donors (Lipinski definition) is 2. The molecule has 0 spiro atoms. The van der Waals surface area contributed by atoms with Crippen molar-refractivity contribution in [1.82, 2.24) is 10.2 Å². The second-order valence-electron chi connectivity index (χ2n) is 7.46. The van der Waals surface area contributed by atoms with Crippen LogP contribution in [0.1, 0.15) is 24.0 Å². The molecule has 0 saturated carbocycles. The number of benzene rings is 2. The van der Waals surface area contributed by atoms with Crippen LogP contribution in [0, 0.1) is 5.92 Å². The van der Waals surface area contributed by atoms with E-state index < -0.39 is 23.3 Å². The lowest BCUT2D eigenvalue weighted by atomic mass is 9.96. The largest absolute Gasteiger partial charge is 0.418 e. The minimum atomic E-state index is -4.63. The lowest BCUT2D eigenvalue weighted by molar-refractivity contribution is -0.137. The molecule has 2 amide bonds. The summed E-state index contributed by atoms with van der Waals surface area (Å²) in [5, 5.41) is 5.05. The number of carbonyl (C=O) groups is 2. The minimum Gasteiger partial charge on any atom is -0.352 e. The van der Waals surface area contributed by atoms with Crippen LogP contribution in [0.3, 0.4) is 0 Å². The molecule has 1 saturated heterocycles. The average molecular weight is 454 g/mol. The first-order chi connectivity index (χ1) is 14.7. The van der Waals surface area contributed by atoms with Gasteiger partial charge in [-0.25, -0.2) is 0 Å². The third kappa shape index (κ3) is 6.45. The molecule has 3 rings (SSSR count). The topological polar surface area (TPSA) is 61.4 Å². The predicted octanol–water partition coefficient (Wildman–Crippen LogP) is 4.33. The van der Waals surface area contributed by atoms with Gasteiger partial charge in [0.05, 0.1) is 22.8 Å². The van der Waals surface area contributed by atoms with E-state index in [0.29, 0.717) is 32.5 Å². The van der Waals surface area contributed by atoms with Crippen LogP contribution in [0.4, 0.5) is 18.9 Å². The number of amides is 2. The highest BCUT2D eigenvalue weighted by Gasteiger charge is 2.35. The number of anilines is 1. The number of para-hydroxylation sites is 1. The fourth-order valence-corrected chi connectivity index (χ4v) is 3.77. The lowest BCUT2D eigenvalue weighted by Gasteiger charge is -2.30. The summed E-state index contributed by atoms with van der Waals surface area (Å²) in [4.78, 5) is 26.5. The molecule has 0 aliphatic carbocycles. The highest BCUT2D eigenvalue weighted by Crippen LogP contribution is 2.38. The number of alkyl halides is 3. The fraction of sp³-hybridized carbons (Fsp3) is 0.364. The summed E-state index contributed by atoms with van der Waals surface area (Å²) < 4.78 is 39.5. The molecule has 2 N–H and O–H groups in total. The van der Waals surface area contributed by atoms with E-state index in [4.69, 9.17) is 11.6 Å². The van der Waals surface area contributed by atoms with E-state index in [1.54, 1.807) is 0 Å². The van der Waals surface area contributed by atoms with Gasteiger partial charge >= 0.3 is 6.18 Å². The zero-order valence-electron chi connectivity index (χ0n) is 16.7. The van der Waals surface area contributed by atoms with Gasteiger partial charge in [-0.05, 0) is 43.6 Å². The maximum absolute atomic E-state index is 13.2. The quantitative estimate of drug-likeness (QED) is 0.684. The van der Waals surface area contributed by atoms with Crippen molar-refractivity contribution in [3.63, 3.8) is 0 Å². The molecule has 0 aromatic heterocycles. The van der Waals surface area contributed by atoms with Crippen LogP contribution in [-0.4, -0.2) is 36.3 Å². The zero-order chi connectivity index (χ0) is 22.4. The third-order valence-electron chi connectivity index (χ3n) is 5.22. The van der Waals surface area contributed by atoms with Gasteiger partial charge in [-0.3, -0.25) is 14.5 Å². The highest BCUT2D eigenvalue weighted by atomic mass is 35.5. The number of piperidine rings is 1. The van der Waals surface area contributed by atoms with Crippen molar-refractivity contribution in [2.45, 2.75) is 25.6 Å². The maximum Gasteiger partial charge on any atom is 0.418 e. The molecular formula is C22H23ClF3N3O2. The summed E-state index contributed by atoms with van der Waals surface area (Å²) >= 11 is 5.88. The van der Waals surface area contributed by atoms with Gasteiger partial charge < -0.3 is 10.6 Å². The number of rotatable bonds is 6. The first-order valence-corrected chi connectivity index (χ1v) is 10.3. The van der Waals surface area contributed by atoms with Crippen LogP contribution >= 0.6 is 11.6 Å². The van der Waals surface area contributed by atoms with Crippen LogP contribution in [0.2, 0.25) is 5.02 Å². The second-order valence-corrected chi connectivity index (χ2v) is 7.87. The Morgan fingerprint density at radius 3 is 2.35 bits per heavy atom. The van der Waals surface area contributed by atoms with Crippen molar-refractivity contribution >= 4 is 29.1 Å². The normalized spacial score (nSPS) is 15.5. The fourth-order valence-electron chi connectivity index (χ4n) is 3.55. The van der Waals surface area contributed by atoms with Gasteiger partial charge in [0.2, 0.25) is 11.8 Å². The van der Waals surface area contributed by atoms with E-state index >= 15 is 0 Å². The van der Waals surface area contributed by atoms with Crippen molar-refractivity contribution in [2.75, 3.05) is 25.0 Å². The van der Waals surface area contributed by atoms with Crippen molar-refractivity contribution < 1.29 is 22.8 Å². The number of halogens is 4. The monoisotopic (exact) mass is 453 g/mol. The van der Waals surface area contributed by atoms with Gasteiger partial charge in [-0.1, -0.05) is 48.0 Å². The van der Waals surface area contributed by atoms with Crippen LogP contribution in [-0.2, 0) is 22.3 Å². The Balaban J connectivity index is 1.48. The number of nitrogens with one attached hydrogen (secondary N) is 2. The first kappa shape index (κ1) is 23.1. The molecule has 0 atom stereocenters. The number of nitrogens with zero attached hydrogens (tertiary/aromatic N) is 1. The smallest absolute Gasteiger partial charge is 0.352 e. The minimum absolute atomic E-state index is 0.0289. The van der Waals surface area contributed by atoms with Crippen molar-refractivity contribution in [1.29, 1.82) is 0 Å². The van der Waals surface area contributed by atoms with E-state index in [9.17, 15) is 22.8 Å². The third-order valence-corrected chi connectivity index (χ3v) is 5.53. The SMILES string of the molecule is O=C(CN1CCC(C(=O)NCc2ccccc2)CC1)Nc1c(Cl)cccc1C(F)(F)F. The summed E-state index contributed by atoms with van der Waals surface area (Å²) in [6.07, 6.45) is -3.47. The van der Waals surface area contributed by atoms with Crippen LogP contribution in [0.25, 0.3) is 0 Å². The molecule has 1 aliphatic heterocycles. The summed E-state index contributed by atoms with van der Waals surface area (Å²) in [7, 11) is 0. The second kappa shape index (κ2) is 10.2. The molecule has 0 bridgehead atoms. The molecule has 166 valence electrons. The predicted molar refractivity (Wildman–Crippen MR) is 113 cm³/mol. The summed E-state index contributed by atoms with van der Waals surface area (Å²) in [6.45, 7) is 1.40. The van der Waals surface area contributed by atoms with Crippen LogP contribution in [0.15, 0.2) is 48.5 Å². The molecule has 0 radical (unpaired) electrons. The van der Waals surface area contributed by atoms with E-state index in [-0.39, 0.29) is 23.4 Å². The molecular weight excluding hydrogens is 431 g/mol. The first-order valence-electron chi connectivity index (χ1n) is 9.93.